The smallest absolute Gasteiger partial charge is 0.317 e. The summed E-state index contributed by atoms with van der Waals surface area (Å²) in [5.74, 6) is 0. The van der Waals surface area contributed by atoms with E-state index in [1.807, 2.05) is 10.9 Å². The number of urea groups is 1. The molecule has 5 nitrogen and oxygen atoms in total. The lowest BCUT2D eigenvalue weighted by atomic mass is 9.80. The first kappa shape index (κ1) is 14.9. The summed E-state index contributed by atoms with van der Waals surface area (Å²) >= 11 is 3.38. The Bertz CT molecular complexity index is 496. The van der Waals surface area contributed by atoms with Gasteiger partial charge in [-0.25, -0.2) is 4.79 Å². The highest BCUT2D eigenvalue weighted by molar-refractivity contribution is 9.10. The van der Waals surface area contributed by atoms with Gasteiger partial charge in [-0.1, -0.05) is 19.3 Å². The van der Waals surface area contributed by atoms with Crippen LogP contribution in [-0.4, -0.2) is 39.3 Å². The van der Waals surface area contributed by atoms with Crippen LogP contribution in [0.3, 0.4) is 0 Å². The molecule has 1 aromatic heterocycles. The Morgan fingerprint density at radius 1 is 1.29 bits per heavy atom. The Labute approximate surface area is 134 Å². The number of nitrogens with one attached hydrogen (secondary N) is 1. The zero-order valence-electron chi connectivity index (χ0n) is 12.4. The van der Waals surface area contributed by atoms with E-state index >= 15 is 0 Å². The van der Waals surface area contributed by atoms with Crippen LogP contribution in [-0.2, 0) is 6.54 Å². The van der Waals surface area contributed by atoms with Crippen molar-refractivity contribution in [2.24, 2.45) is 0 Å². The molecular formula is C15H23BrN4O. The SMILES string of the molecule is O=C(NCCn1cc(Br)cn1)N1CCCC12CCCCC2. The third-order valence-corrected chi connectivity index (χ3v) is 5.25. The number of carbonyl (C=O) groups is 1. The molecule has 1 saturated carbocycles. The van der Waals surface area contributed by atoms with Crippen molar-refractivity contribution >= 4 is 22.0 Å². The number of halogens is 1. The van der Waals surface area contributed by atoms with E-state index in [9.17, 15) is 4.79 Å². The molecule has 1 saturated heterocycles. The molecule has 6 heteroatoms. The minimum atomic E-state index is 0.112. The quantitative estimate of drug-likeness (QED) is 0.906. The van der Waals surface area contributed by atoms with Crippen LogP contribution in [0.15, 0.2) is 16.9 Å². The van der Waals surface area contributed by atoms with Crippen LogP contribution < -0.4 is 5.32 Å². The highest BCUT2D eigenvalue weighted by Gasteiger charge is 2.43. The Kier molecular flexibility index (Phi) is 4.52. The average Bonchev–Trinajstić information content (AvgIpc) is 3.07. The molecular weight excluding hydrogens is 332 g/mol. The van der Waals surface area contributed by atoms with Gasteiger partial charge in [-0.3, -0.25) is 4.68 Å². The fourth-order valence-electron chi connectivity index (χ4n) is 3.82. The second kappa shape index (κ2) is 6.38. The third kappa shape index (κ3) is 3.25. The van der Waals surface area contributed by atoms with Crippen molar-refractivity contribution in [3.63, 3.8) is 0 Å². The van der Waals surface area contributed by atoms with E-state index in [4.69, 9.17) is 0 Å². The van der Waals surface area contributed by atoms with Gasteiger partial charge in [-0.2, -0.15) is 5.10 Å². The highest BCUT2D eigenvalue weighted by Crippen LogP contribution is 2.41. The molecule has 1 aliphatic carbocycles. The number of nitrogens with zero attached hydrogens (tertiary/aromatic N) is 3. The maximum atomic E-state index is 12.5. The van der Waals surface area contributed by atoms with Gasteiger partial charge in [0.1, 0.15) is 0 Å². The molecule has 1 N–H and O–H groups in total. The molecule has 2 aliphatic rings. The Morgan fingerprint density at radius 2 is 2.05 bits per heavy atom. The van der Waals surface area contributed by atoms with Crippen LogP contribution in [0.2, 0.25) is 0 Å². The summed E-state index contributed by atoms with van der Waals surface area (Å²) in [5.41, 5.74) is 0.164. The van der Waals surface area contributed by atoms with Crippen molar-refractivity contribution in [2.75, 3.05) is 13.1 Å². The Balaban J connectivity index is 1.52. The summed E-state index contributed by atoms with van der Waals surface area (Å²) in [5, 5.41) is 7.26. The van der Waals surface area contributed by atoms with E-state index in [1.165, 1.54) is 38.5 Å². The van der Waals surface area contributed by atoms with Crippen LogP contribution in [0.5, 0.6) is 0 Å². The molecule has 0 unspecified atom stereocenters. The van der Waals surface area contributed by atoms with Crippen molar-refractivity contribution in [3.8, 4) is 0 Å². The van der Waals surface area contributed by atoms with Crippen molar-refractivity contribution in [1.29, 1.82) is 0 Å². The predicted octanol–water partition coefficient (Wildman–Crippen LogP) is 3.15. The van der Waals surface area contributed by atoms with E-state index in [-0.39, 0.29) is 11.6 Å². The first-order chi connectivity index (χ1) is 10.2. The number of hydrogen-bond donors (Lipinski definition) is 1. The van der Waals surface area contributed by atoms with Crippen molar-refractivity contribution < 1.29 is 4.79 Å². The maximum Gasteiger partial charge on any atom is 0.317 e. The number of likely N-dealkylation sites (tertiary alicyclic amines) is 1. The predicted molar refractivity (Wildman–Crippen MR) is 85.1 cm³/mol. The molecule has 2 heterocycles. The fraction of sp³-hybridized carbons (Fsp3) is 0.733. The van der Waals surface area contributed by atoms with E-state index in [0.717, 1.165) is 17.4 Å². The second-order valence-electron chi connectivity index (χ2n) is 6.19. The number of amides is 2. The summed E-state index contributed by atoms with van der Waals surface area (Å²) in [4.78, 5) is 14.6. The fourth-order valence-corrected chi connectivity index (χ4v) is 4.15. The molecule has 2 fully saturated rings. The highest BCUT2D eigenvalue weighted by atomic mass is 79.9. The number of hydrogen-bond acceptors (Lipinski definition) is 2. The molecule has 3 rings (SSSR count). The lowest BCUT2D eigenvalue weighted by molar-refractivity contribution is 0.112. The Hall–Kier alpha value is -1.04. The monoisotopic (exact) mass is 354 g/mol. The van der Waals surface area contributed by atoms with E-state index in [1.54, 1.807) is 6.20 Å². The molecule has 1 spiro atoms. The van der Waals surface area contributed by atoms with Gasteiger partial charge in [0, 0.05) is 24.8 Å². The molecule has 0 aromatic carbocycles. The van der Waals surface area contributed by atoms with Gasteiger partial charge >= 0.3 is 6.03 Å². The van der Waals surface area contributed by atoms with Crippen LogP contribution >= 0.6 is 15.9 Å². The van der Waals surface area contributed by atoms with Gasteiger partial charge in [0.2, 0.25) is 0 Å². The lowest BCUT2D eigenvalue weighted by Crippen LogP contribution is -2.52. The summed E-state index contributed by atoms with van der Waals surface area (Å²) in [6.45, 7) is 2.25. The number of rotatable bonds is 3. The van der Waals surface area contributed by atoms with Gasteiger partial charge in [0.25, 0.3) is 0 Å². The minimum Gasteiger partial charge on any atom is -0.336 e. The summed E-state index contributed by atoms with van der Waals surface area (Å²) in [6, 6.07) is 0.112. The average molecular weight is 355 g/mol. The van der Waals surface area contributed by atoms with Gasteiger partial charge in [0.05, 0.1) is 17.2 Å². The molecule has 21 heavy (non-hydrogen) atoms. The normalized spacial score (nSPS) is 20.9. The van der Waals surface area contributed by atoms with Gasteiger partial charge in [-0.05, 0) is 41.6 Å². The third-order valence-electron chi connectivity index (χ3n) is 4.84. The minimum absolute atomic E-state index is 0.112. The van der Waals surface area contributed by atoms with Crippen molar-refractivity contribution in [2.45, 2.75) is 57.0 Å². The van der Waals surface area contributed by atoms with Gasteiger partial charge in [-0.15, -0.1) is 0 Å². The topological polar surface area (TPSA) is 50.2 Å². The molecule has 1 aliphatic heterocycles. The van der Waals surface area contributed by atoms with Crippen LogP contribution in [0.1, 0.15) is 44.9 Å². The standard InChI is InChI=1S/C15H23BrN4O/c16-13-11-18-19(12-13)10-8-17-14(21)20-9-4-7-15(20)5-2-1-3-6-15/h11-12H,1-10H2,(H,17,21). The molecule has 2 amide bonds. The summed E-state index contributed by atoms with van der Waals surface area (Å²) < 4.78 is 2.81. The van der Waals surface area contributed by atoms with Crippen molar-refractivity contribution in [3.05, 3.63) is 16.9 Å². The van der Waals surface area contributed by atoms with E-state index in [0.29, 0.717) is 13.1 Å². The number of carbonyl (C=O) groups excluding carboxylic acids is 1. The number of aromatic nitrogens is 2. The Morgan fingerprint density at radius 3 is 2.76 bits per heavy atom. The molecule has 0 radical (unpaired) electrons. The molecule has 116 valence electrons. The molecule has 1 aromatic rings. The second-order valence-corrected chi connectivity index (χ2v) is 7.11. The van der Waals surface area contributed by atoms with Gasteiger partial charge in [0.15, 0.2) is 0 Å². The lowest BCUT2D eigenvalue weighted by Gasteiger charge is -2.41. The molecule has 0 bridgehead atoms. The van der Waals surface area contributed by atoms with Crippen LogP contribution in [0.25, 0.3) is 0 Å². The zero-order chi connectivity index (χ0) is 14.7. The summed E-state index contributed by atoms with van der Waals surface area (Å²) in [6.07, 6.45) is 12.3. The zero-order valence-corrected chi connectivity index (χ0v) is 13.9. The first-order valence-corrected chi connectivity index (χ1v) is 8.72. The largest absolute Gasteiger partial charge is 0.336 e. The maximum absolute atomic E-state index is 12.5. The van der Waals surface area contributed by atoms with Crippen LogP contribution in [0, 0.1) is 0 Å². The van der Waals surface area contributed by atoms with Crippen molar-refractivity contribution in [1.82, 2.24) is 20.0 Å². The van der Waals surface area contributed by atoms with Crippen LogP contribution in [0.4, 0.5) is 4.79 Å². The molecule has 0 atom stereocenters. The first-order valence-electron chi connectivity index (χ1n) is 7.93. The van der Waals surface area contributed by atoms with E-state index in [2.05, 4.69) is 31.2 Å². The van der Waals surface area contributed by atoms with Gasteiger partial charge < -0.3 is 10.2 Å². The van der Waals surface area contributed by atoms with E-state index < -0.39 is 0 Å². The summed E-state index contributed by atoms with van der Waals surface area (Å²) in [7, 11) is 0.